The van der Waals surface area contributed by atoms with Crippen molar-refractivity contribution >= 4 is 37.7 Å². The van der Waals surface area contributed by atoms with Gasteiger partial charge in [-0.25, -0.2) is 13.4 Å². The number of nitrogens with two attached hydrogens (primary N) is 1. The third-order valence-corrected chi connectivity index (χ3v) is 9.26. The maximum Gasteiger partial charge on any atom is 0.255 e. The van der Waals surface area contributed by atoms with Gasteiger partial charge < -0.3 is 5.73 Å². The van der Waals surface area contributed by atoms with E-state index in [9.17, 15) is 13.2 Å². The van der Waals surface area contributed by atoms with Gasteiger partial charge in [0.15, 0.2) is 20.0 Å². The third-order valence-electron chi connectivity index (χ3n) is 6.32. The Kier molecular flexibility index (Phi) is 9.24. The lowest BCUT2D eigenvalue weighted by Crippen LogP contribution is -2.20. The number of amidine groups is 1. The van der Waals surface area contributed by atoms with Gasteiger partial charge in [0.1, 0.15) is 0 Å². The first-order chi connectivity index (χ1) is 16.3. The Bertz CT molecular complexity index is 1090. The summed E-state index contributed by atoms with van der Waals surface area (Å²) < 4.78 is 25.0. The van der Waals surface area contributed by atoms with Crippen LogP contribution < -0.4 is 5.73 Å². The van der Waals surface area contributed by atoms with Gasteiger partial charge in [-0.3, -0.25) is 10.2 Å². The molecule has 9 heteroatoms. The molecule has 2 aliphatic rings. The monoisotopic (exact) mass is 502 g/mol. The van der Waals surface area contributed by atoms with Crippen molar-refractivity contribution in [2.75, 3.05) is 0 Å². The van der Waals surface area contributed by atoms with E-state index in [1.165, 1.54) is 12.3 Å². The maximum absolute atomic E-state index is 13.3. The summed E-state index contributed by atoms with van der Waals surface area (Å²) in [7, 11) is -3.39. The van der Waals surface area contributed by atoms with Gasteiger partial charge in [-0.05, 0) is 60.6 Å². The molecule has 0 aromatic carbocycles. The summed E-state index contributed by atoms with van der Waals surface area (Å²) in [5, 5.41) is 8.24. The lowest BCUT2D eigenvalue weighted by Gasteiger charge is -2.21. The van der Waals surface area contributed by atoms with E-state index in [0.717, 1.165) is 43.0 Å². The fourth-order valence-corrected chi connectivity index (χ4v) is 6.19. The Morgan fingerprint density at radius 3 is 2.65 bits per heavy atom. The smallest absolute Gasteiger partial charge is 0.255 e. The number of pyridine rings is 1. The fourth-order valence-electron chi connectivity index (χ4n) is 4.00. The van der Waals surface area contributed by atoms with Crippen LogP contribution in [0.2, 0.25) is 0 Å². The van der Waals surface area contributed by atoms with Crippen molar-refractivity contribution in [2.45, 2.75) is 81.4 Å². The van der Waals surface area contributed by atoms with Crippen molar-refractivity contribution in [1.29, 1.82) is 5.41 Å². The van der Waals surface area contributed by atoms with Gasteiger partial charge in [0.25, 0.3) is 5.91 Å². The average molecular weight is 503 g/mol. The van der Waals surface area contributed by atoms with Gasteiger partial charge in [0, 0.05) is 6.20 Å². The van der Waals surface area contributed by atoms with Crippen molar-refractivity contribution < 1.29 is 13.2 Å². The van der Waals surface area contributed by atoms with E-state index in [2.05, 4.69) is 23.8 Å². The second-order valence-electron chi connectivity index (χ2n) is 8.92. The molecule has 2 aliphatic carbocycles. The van der Waals surface area contributed by atoms with E-state index >= 15 is 0 Å². The molecule has 0 aliphatic heterocycles. The van der Waals surface area contributed by atoms with E-state index in [4.69, 9.17) is 11.1 Å². The molecular weight excluding hydrogens is 468 g/mol. The van der Waals surface area contributed by atoms with Gasteiger partial charge in [-0.1, -0.05) is 63.8 Å². The number of aromatic nitrogens is 1. The van der Waals surface area contributed by atoms with E-state index in [0.29, 0.717) is 37.2 Å². The minimum Gasteiger partial charge on any atom is -0.378 e. The Morgan fingerprint density at radius 2 is 2.09 bits per heavy atom. The number of carbonyl (C=O) groups is 1. The molecule has 2 atom stereocenters. The van der Waals surface area contributed by atoms with Crippen molar-refractivity contribution in [2.24, 2.45) is 16.6 Å². The molecule has 0 bridgehead atoms. The van der Waals surface area contributed by atoms with Crippen LogP contribution in [0.25, 0.3) is 0 Å². The van der Waals surface area contributed by atoms with Crippen molar-refractivity contribution in [3.63, 3.8) is 0 Å². The van der Waals surface area contributed by atoms with Gasteiger partial charge >= 0.3 is 0 Å². The quantitative estimate of drug-likeness (QED) is 0.318. The Morgan fingerprint density at radius 1 is 1.32 bits per heavy atom. The molecule has 0 saturated heterocycles. The molecule has 7 nitrogen and oxygen atoms in total. The summed E-state index contributed by atoms with van der Waals surface area (Å²) >= 11 is 0.979. The second kappa shape index (κ2) is 11.9. The first kappa shape index (κ1) is 26.3. The Balaban J connectivity index is 1.80. The molecule has 0 radical (unpaired) electrons. The number of aliphatic imine (C=N–C) groups is 1. The summed E-state index contributed by atoms with van der Waals surface area (Å²) in [6.07, 6.45) is 13.9. The number of unbranched alkanes of at least 4 members (excludes halogenated alkanes) is 1. The molecule has 1 saturated carbocycles. The van der Waals surface area contributed by atoms with E-state index < -0.39 is 15.8 Å². The predicted octanol–water partition coefficient (Wildman–Crippen LogP) is 5.15. The van der Waals surface area contributed by atoms with Gasteiger partial charge in [-0.15, -0.1) is 0 Å². The molecule has 34 heavy (non-hydrogen) atoms. The zero-order valence-electron chi connectivity index (χ0n) is 19.9. The van der Waals surface area contributed by atoms with E-state index in [-0.39, 0.29) is 26.4 Å². The average Bonchev–Trinajstić information content (AvgIpc) is 3.54. The predicted molar refractivity (Wildman–Crippen MR) is 139 cm³/mol. The largest absolute Gasteiger partial charge is 0.378 e. The molecule has 1 aromatic heterocycles. The van der Waals surface area contributed by atoms with Crippen molar-refractivity contribution in [3.05, 3.63) is 47.7 Å². The number of nitrogens with one attached hydrogen (secondary N) is 1. The normalized spacial score (nSPS) is 17.9. The fraction of sp³-hybridized carbons (Fsp3) is 0.520. The van der Waals surface area contributed by atoms with Crippen LogP contribution in [0.1, 0.15) is 76.7 Å². The molecular formula is C25H34N4O3S2. The van der Waals surface area contributed by atoms with Crippen LogP contribution in [0.15, 0.2) is 52.1 Å². The zero-order chi connectivity index (χ0) is 24.7. The summed E-state index contributed by atoms with van der Waals surface area (Å²) in [6, 6.07) is 3.20. The van der Waals surface area contributed by atoms with Crippen molar-refractivity contribution in [3.8, 4) is 0 Å². The van der Waals surface area contributed by atoms with Crippen LogP contribution in [-0.4, -0.2) is 34.8 Å². The summed E-state index contributed by atoms with van der Waals surface area (Å²) in [5.74, 6) is -0.612. The summed E-state index contributed by atoms with van der Waals surface area (Å²) in [6.45, 7) is 4.26. The van der Waals surface area contributed by atoms with Gasteiger partial charge in [0.2, 0.25) is 0 Å². The number of thioether (sulfide) groups is 1. The number of hydrogen-bond acceptors (Lipinski definition) is 6. The third kappa shape index (κ3) is 6.88. The molecule has 1 aromatic rings. The standard InChI is InChI=1S/C25H34N4O3S2/c1-3-5-8-17(4-2)15-21(19-11-14-22(28-16-19)34(31,32)20-12-13-20)24(30)29-25(27)33-23(26)18-9-6-7-10-18/h6-7,9,11,14,16-17,20-21,26H,3-5,8,10,12-13,15H2,1-2H3,(H2,27,29,30). The Hall–Kier alpha value is -2.26. The highest BCUT2D eigenvalue weighted by Crippen LogP contribution is 2.34. The highest BCUT2D eigenvalue weighted by molar-refractivity contribution is 8.26. The van der Waals surface area contributed by atoms with E-state index in [1.807, 2.05) is 18.2 Å². The van der Waals surface area contributed by atoms with Crippen LogP contribution >= 0.6 is 11.8 Å². The number of amides is 1. The summed E-state index contributed by atoms with van der Waals surface area (Å²) in [5.41, 5.74) is 7.52. The topological polar surface area (TPSA) is 126 Å². The number of rotatable bonds is 11. The van der Waals surface area contributed by atoms with Gasteiger partial charge in [0.05, 0.1) is 16.2 Å². The number of carbonyl (C=O) groups excluding carboxylic acids is 1. The molecule has 1 amide bonds. The minimum atomic E-state index is -3.39. The van der Waals surface area contributed by atoms with Crippen LogP contribution in [0, 0.1) is 11.3 Å². The molecule has 0 spiro atoms. The number of hydrogen-bond donors (Lipinski definition) is 2. The van der Waals surface area contributed by atoms with E-state index in [1.54, 1.807) is 6.07 Å². The first-order valence-electron chi connectivity index (χ1n) is 12.0. The molecule has 1 heterocycles. The molecule has 3 N–H and O–H groups in total. The molecule has 1 fully saturated rings. The number of nitrogens with zero attached hydrogens (tertiary/aromatic N) is 2. The molecule has 2 unspecified atom stereocenters. The zero-order valence-corrected chi connectivity index (χ0v) is 21.5. The van der Waals surface area contributed by atoms with Crippen molar-refractivity contribution in [1.82, 2.24) is 4.98 Å². The minimum absolute atomic E-state index is 0.0373. The maximum atomic E-state index is 13.3. The second-order valence-corrected chi connectivity index (χ2v) is 12.1. The van der Waals surface area contributed by atoms with Crippen LogP contribution in [0.5, 0.6) is 0 Å². The number of allylic oxidation sites excluding steroid dienone is 3. The summed E-state index contributed by atoms with van der Waals surface area (Å²) in [4.78, 5) is 21.6. The van der Waals surface area contributed by atoms with Crippen LogP contribution in [0.3, 0.4) is 0 Å². The lowest BCUT2D eigenvalue weighted by atomic mass is 9.85. The number of sulfone groups is 1. The lowest BCUT2D eigenvalue weighted by molar-refractivity contribution is -0.119. The van der Waals surface area contributed by atoms with Crippen LogP contribution in [0.4, 0.5) is 0 Å². The Labute approximate surface area is 206 Å². The first-order valence-corrected chi connectivity index (χ1v) is 14.3. The molecule has 3 rings (SSSR count). The highest BCUT2D eigenvalue weighted by atomic mass is 32.2. The van der Waals surface area contributed by atoms with Gasteiger partial charge in [-0.2, -0.15) is 4.99 Å². The molecule has 184 valence electrons. The van der Waals surface area contributed by atoms with Crippen LogP contribution in [-0.2, 0) is 14.6 Å². The SMILES string of the molecule is CCCCC(CC)CC(C(=O)N=C(N)SC(=N)C1=CC=CC1)c1ccc(S(=O)(=O)C2CC2)nc1. The highest BCUT2D eigenvalue weighted by Gasteiger charge is 2.38.